The van der Waals surface area contributed by atoms with E-state index in [1.165, 1.54) is 43.5 Å². The second-order valence-corrected chi connectivity index (χ2v) is 7.52. The van der Waals surface area contributed by atoms with Gasteiger partial charge in [0.25, 0.3) is 0 Å². The Morgan fingerprint density at radius 2 is 1.83 bits per heavy atom. The van der Waals surface area contributed by atoms with Crippen molar-refractivity contribution >= 4 is 29.9 Å². The van der Waals surface area contributed by atoms with Gasteiger partial charge in [-0.25, -0.2) is 4.99 Å². The fourth-order valence-corrected chi connectivity index (χ4v) is 3.76. The molecule has 1 aromatic carbocycles. The Morgan fingerprint density at radius 1 is 1.07 bits per heavy atom. The van der Waals surface area contributed by atoms with Gasteiger partial charge in [0.05, 0.1) is 6.54 Å². The summed E-state index contributed by atoms with van der Waals surface area (Å²) in [6.07, 6.45) is 6.69. The smallest absolute Gasteiger partial charge is 0.191 e. The highest BCUT2D eigenvalue weighted by atomic mass is 127. The fourth-order valence-electron chi connectivity index (χ4n) is 3.76. The summed E-state index contributed by atoms with van der Waals surface area (Å²) in [6.45, 7) is 10.8. The van der Waals surface area contributed by atoms with E-state index in [2.05, 4.69) is 68.4 Å². The number of benzene rings is 1. The van der Waals surface area contributed by atoms with Gasteiger partial charge in [-0.1, -0.05) is 37.6 Å². The lowest BCUT2D eigenvalue weighted by Gasteiger charge is -2.27. The molecular formula is C22H36IN7. The maximum atomic E-state index is 4.83. The molecule has 166 valence electrons. The molecule has 0 saturated carbocycles. The molecule has 2 N–H and O–H groups in total. The van der Waals surface area contributed by atoms with Gasteiger partial charge in [-0.15, -0.1) is 34.2 Å². The van der Waals surface area contributed by atoms with Crippen LogP contribution in [0.1, 0.15) is 50.1 Å². The van der Waals surface area contributed by atoms with Crippen LogP contribution in [0.4, 0.5) is 0 Å². The molecule has 7 nitrogen and oxygen atoms in total. The monoisotopic (exact) mass is 525 g/mol. The Kier molecular flexibility index (Phi) is 11.1. The number of likely N-dealkylation sites (tertiary alicyclic amines) is 1. The molecule has 3 rings (SSSR count). The average molecular weight is 525 g/mol. The third kappa shape index (κ3) is 7.54. The SMILES string of the molecule is CCNC(=NCc1ccccc1CN1CCCCC1)NCCn1cnnc1CC.I. The van der Waals surface area contributed by atoms with Crippen molar-refractivity contribution in [1.82, 2.24) is 30.3 Å². The first-order valence-electron chi connectivity index (χ1n) is 11.0. The molecule has 2 heterocycles. The molecule has 30 heavy (non-hydrogen) atoms. The molecule has 1 fully saturated rings. The van der Waals surface area contributed by atoms with E-state index < -0.39 is 0 Å². The largest absolute Gasteiger partial charge is 0.357 e. The summed E-state index contributed by atoms with van der Waals surface area (Å²) in [5.74, 6) is 1.87. The summed E-state index contributed by atoms with van der Waals surface area (Å²) in [5, 5.41) is 14.9. The van der Waals surface area contributed by atoms with Crippen molar-refractivity contribution in [3.05, 3.63) is 47.5 Å². The van der Waals surface area contributed by atoms with Gasteiger partial charge in [-0.3, -0.25) is 4.90 Å². The van der Waals surface area contributed by atoms with Gasteiger partial charge in [-0.2, -0.15) is 0 Å². The van der Waals surface area contributed by atoms with Crippen LogP contribution in [-0.2, 0) is 26.1 Å². The van der Waals surface area contributed by atoms with Crippen LogP contribution >= 0.6 is 24.0 Å². The first-order chi connectivity index (χ1) is 14.3. The van der Waals surface area contributed by atoms with Gasteiger partial charge in [0.2, 0.25) is 0 Å². The van der Waals surface area contributed by atoms with Crippen LogP contribution < -0.4 is 10.6 Å². The summed E-state index contributed by atoms with van der Waals surface area (Å²) in [4.78, 5) is 7.40. The van der Waals surface area contributed by atoms with Crippen molar-refractivity contribution < 1.29 is 0 Å². The molecule has 1 aromatic heterocycles. The fraction of sp³-hybridized carbons (Fsp3) is 0.591. The predicted molar refractivity (Wildman–Crippen MR) is 133 cm³/mol. The Balaban J connectivity index is 0.00000320. The van der Waals surface area contributed by atoms with E-state index in [0.717, 1.165) is 44.4 Å². The number of hydrogen-bond acceptors (Lipinski definition) is 4. The maximum Gasteiger partial charge on any atom is 0.191 e. The molecular weight excluding hydrogens is 489 g/mol. The molecule has 1 aliphatic heterocycles. The third-order valence-electron chi connectivity index (χ3n) is 5.37. The molecule has 0 atom stereocenters. The zero-order valence-corrected chi connectivity index (χ0v) is 20.6. The molecule has 0 amide bonds. The number of aliphatic imine (C=N–C) groups is 1. The summed E-state index contributed by atoms with van der Waals surface area (Å²) >= 11 is 0. The van der Waals surface area contributed by atoms with Gasteiger partial charge < -0.3 is 15.2 Å². The average Bonchev–Trinajstić information content (AvgIpc) is 3.21. The van der Waals surface area contributed by atoms with Crippen LogP contribution in [0.25, 0.3) is 0 Å². The highest BCUT2D eigenvalue weighted by Gasteiger charge is 2.12. The van der Waals surface area contributed by atoms with Crippen molar-refractivity contribution in [2.45, 2.75) is 59.2 Å². The minimum Gasteiger partial charge on any atom is -0.357 e. The van der Waals surface area contributed by atoms with Gasteiger partial charge in [0, 0.05) is 32.6 Å². The van der Waals surface area contributed by atoms with Gasteiger partial charge >= 0.3 is 0 Å². The number of rotatable bonds is 9. The number of aromatic nitrogens is 3. The summed E-state index contributed by atoms with van der Waals surface area (Å²) in [5.41, 5.74) is 2.70. The molecule has 0 aliphatic carbocycles. The maximum absolute atomic E-state index is 4.83. The van der Waals surface area contributed by atoms with E-state index >= 15 is 0 Å². The van der Waals surface area contributed by atoms with Crippen LogP contribution in [0.3, 0.4) is 0 Å². The van der Waals surface area contributed by atoms with Crippen LogP contribution in [0.5, 0.6) is 0 Å². The standard InChI is InChI=1S/C22H35N7.HI/c1-3-21-27-26-18-29(21)15-12-24-22(23-4-2)25-16-19-10-6-7-11-20(19)17-28-13-8-5-9-14-28;/h6-7,10-11,18H,3-5,8-9,12-17H2,1-2H3,(H2,23,24,25);1H. The van der Waals surface area contributed by atoms with Crippen molar-refractivity contribution in [3.63, 3.8) is 0 Å². The molecule has 1 saturated heterocycles. The topological polar surface area (TPSA) is 70.4 Å². The lowest BCUT2D eigenvalue weighted by molar-refractivity contribution is 0.220. The molecule has 1 aliphatic rings. The molecule has 0 bridgehead atoms. The van der Waals surface area contributed by atoms with Crippen LogP contribution in [0.2, 0.25) is 0 Å². The highest BCUT2D eigenvalue weighted by molar-refractivity contribution is 14.0. The molecule has 2 aromatic rings. The first kappa shape index (κ1) is 24.6. The minimum atomic E-state index is 0. The van der Waals surface area contributed by atoms with Gasteiger partial charge in [-0.05, 0) is 44.0 Å². The Morgan fingerprint density at radius 3 is 2.57 bits per heavy atom. The van der Waals surface area contributed by atoms with Crippen molar-refractivity contribution in [2.24, 2.45) is 4.99 Å². The Hall–Kier alpha value is -1.68. The lowest BCUT2D eigenvalue weighted by Crippen LogP contribution is -2.39. The Bertz CT molecular complexity index is 768. The lowest BCUT2D eigenvalue weighted by atomic mass is 10.1. The van der Waals surface area contributed by atoms with E-state index in [9.17, 15) is 0 Å². The third-order valence-corrected chi connectivity index (χ3v) is 5.37. The zero-order chi connectivity index (χ0) is 20.3. The van der Waals surface area contributed by atoms with E-state index in [4.69, 9.17) is 4.99 Å². The number of halogens is 1. The van der Waals surface area contributed by atoms with Crippen LogP contribution in [-0.4, -0.2) is 51.8 Å². The highest BCUT2D eigenvalue weighted by Crippen LogP contribution is 2.16. The van der Waals surface area contributed by atoms with E-state index in [-0.39, 0.29) is 24.0 Å². The van der Waals surface area contributed by atoms with E-state index in [1.807, 2.05) is 0 Å². The summed E-state index contributed by atoms with van der Waals surface area (Å²) in [6, 6.07) is 8.71. The number of guanidine groups is 1. The van der Waals surface area contributed by atoms with Gasteiger partial charge in [0.1, 0.15) is 12.2 Å². The number of nitrogens with zero attached hydrogens (tertiary/aromatic N) is 5. The van der Waals surface area contributed by atoms with E-state index in [1.54, 1.807) is 6.33 Å². The second-order valence-electron chi connectivity index (χ2n) is 7.52. The number of hydrogen-bond donors (Lipinski definition) is 2. The minimum absolute atomic E-state index is 0. The summed E-state index contributed by atoms with van der Waals surface area (Å²) in [7, 11) is 0. The van der Waals surface area contributed by atoms with Crippen molar-refractivity contribution in [2.75, 3.05) is 26.2 Å². The predicted octanol–water partition coefficient (Wildman–Crippen LogP) is 3.20. The van der Waals surface area contributed by atoms with Gasteiger partial charge in [0.15, 0.2) is 5.96 Å². The number of aryl methyl sites for hydroxylation is 1. The molecule has 8 heteroatoms. The Labute approximate surface area is 197 Å². The van der Waals surface area contributed by atoms with E-state index in [0.29, 0.717) is 6.54 Å². The van der Waals surface area contributed by atoms with Crippen LogP contribution in [0, 0.1) is 0 Å². The number of piperidine rings is 1. The number of nitrogens with one attached hydrogen (secondary N) is 2. The quantitative estimate of drug-likeness (QED) is 0.299. The zero-order valence-electron chi connectivity index (χ0n) is 18.3. The summed E-state index contributed by atoms with van der Waals surface area (Å²) < 4.78 is 2.09. The second kappa shape index (κ2) is 13.6. The normalized spacial score (nSPS) is 14.9. The van der Waals surface area contributed by atoms with Crippen molar-refractivity contribution in [1.29, 1.82) is 0 Å². The molecule has 0 radical (unpaired) electrons. The van der Waals surface area contributed by atoms with Crippen LogP contribution in [0.15, 0.2) is 35.6 Å². The molecule has 0 unspecified atom stereocenters. The molecule has 0 spiro atoms. The first-order valence-corrected chi connectivity index (χ1v) is 11.0. The van der Waals surface area contributed by atoms with Crippen molar-refractivity contribution in [3.8, 4) is 0 Å².